The highest BCUT2D eigenvalue weighted by atomic mass is 32.1. The molecule has 3 aromatic rings. The summed E-state index contributed by atoms with van der Waals surface area (Å²) in [5.41, 5.74) is 1.18. The van der Waals surface area contributed by atoms with Crippen molar-refractivity contribution < 1.29 is 13.2 Å². The normalized spacial score (nSPS) is 15.8. The molecule has 148 valence electrons. The molecular weight excluding hydrogens is 383 g/mol. The lowest BCUT2D eigenvalue weighted by Crippen LogP contribution is -2.12. The summed E-state index contributed by atoms with van der Waals surface area (Å²) >= 11 is 0.710. The quantitative estimate of drug-likeness (QED) is 0.533. The molecule has 1 saturated carbocycles. The maximum Gasteiger partial charge on any atom is 0.425 e. The minimum Gasteiger partial charge on any atom is -0.369 e. The van der Waals surface area contributed by atoms with Crippen LogP contribution < -0.4 is 5.32 Å². The lowest BCUT2D eigenvalue weighted by molar-refractivity contribution is -0.134. The summed E-state index contributed by atoms with van der Waals surface area (Å²) in [7, 11) is 0. The van der Waals surface area contributed by atoms with Crippen LogP contribution in [0.25, 0.3) is 10.2 Å². The van der Waals surface area contributed by atoms with E-state index in [4.69, 9.17) is 0 Å². The molecule has 0 atom stereocenters. The van der Waals surface area contributed by atoms with Crippen LogP contribution in [0.2, 0.25) is 0 Å². The summed E-state index contributed by atoms with van der Waals surface area (Å²) in [6.45, 7) is 0.609. The number of halogens is 3. The number of nitrogens with zero attached hydrogens (tertiary/aromatic N) is 2. The standard InChI is InChI=1S/C21H22F3N3S/c22-21(23,24)17-13-16-19(25-12-11-14-7-3-1-4-8-14)26-18(27-20(16)28-17)15-9-5-2-6-10-15/h1,3-4,7-8,13,15H,2,5-6,9-12H2,(H,25,26,27). The lowest BCUT2D eigenvalue weighted by Gasteiger charge is -2.21. The highest BCUT2D eigenvalue weighted by molar-refractivity contribution is 7.18. The van der Waals surface area contributed by atoms with E-state index < -0.39 is 11.1 Å². The Hall–Kier alpha value is -2.15. The Balaban J connectivity index is 1.63. The Bertz CT molecular complexity index is 931. The monoisotopic (exact) mass is 405 g/mol. The summed E-state index contributed by atoms with van der Waals surface area (Å²) < 4.78 is 39.7. The number of nitrogens with one attached hydrogen (secondary N) is 1. The number of rotatable bonds is 5. The Morgan fingerprint density at radius 2 is 1.79 bits per heavy atom. The molecule has 3 nitrogen and oxygen atoms in total. The number of benzene rings is 1. The highest BCUT2D eigenvalue weighted by Crippen LogP contribution is 2.40. The summed E-state index contributed by atoms with van der Waals surface area (Å²) in [5, 5.41) is 3.73. The molecule has 0 saturated heterocycles. The Morgan fingerprint density at radius 1 is 1.04 bits per heavy atom. The van der Waals surface area contributed by atoms with Crippen molar-refractivity contribution >= 4 is 27.4 Å². The first kappa shape index (κ1) is 19.2. The fourth-order valence-electron chi connectivity index (χ4n) is 3.73. The summed E-state index contributed by atoms with van der Waals surface area (Å²) in [4.78, 5) is 9.00. The molecule has 0 aliphatic heterocycles. The van der Waals surface area contributed by atoms with Gasteiger partial charge in [0, 0.05) is 12.5 Å². The average Bonchev–Trinajstić information content (AvgIpc) is 3.14. The maximum atomic E-state index is 13.2. The van der Waals surface area contributed by atoms with Crippen LogP contribution in [0.4, 0.5) is 19.0 Å². The van der Waals surface area contributed by atoms with Gasteiger partial charge in [-0.25, -0.2) is 9.97 Å². The van der Waals surface area contributed by atoms with Crippen molar-refractivity contribution in [3.8, 4) is 0 Å². The number of thiophene rings is 1. The summed E-state index contributed by atoms with van der Waals surface area (Å²) in [6.07, 6.45) is 1.89. The molecule has 28 heavy (non-hydrogen) atoms. The van der Waals surface area contributed by atoms with Gasteiger partial charge in [0.1, 0.15) is 21.3 Å². The highest BCUT2D eigenvalue weighted by Gasteiger charge is 2.34. The zero-order valence-electron chi connectivity index (χ0n) is 15.4. The molecule has 4 rings (SSSR count). The third-order valence-corrected chi connectivity index (χ3v) is 6.28. The maximum absolute atomic E-state index is 13.2. The fraction of sp³-hybridized carbons (Fsp3) is 0.429. The predicted octanol–water partition coefficient (Wildman–Crippen LogP) is 6.41. The minimum absolute atomic E-state index is 0.240. The van der Waals surface area contributed by atoms with Crippen LogP contribution in [-0.2, 0) is 12.6 Å². The number of hydrogen-bond acceptors (Lipinski definition) is 4. The molecule has 2 heterocycles. The Kier molecular flexibility index (Phi) is 5.53. The molecule has 1 fully saturated rings. The molecule has 1 aromatic carbocycles. The first-order valence-corrected chi connectivity index (χ1v) is 10.5. The summed E-state index contributed by atoms with van der Waals surface area (Å²) in [5.74, 6) is 1.45. The third-order valence-electron chi connectivity index (χ3n) is 5.21. The van der Waals surface area contributed by atoms with Crippen molar-refractivity contribution in [2.75, 3.05) is 11.9 Å². The third kappa shape index (κ3) is 4.29. The first-order chi connectivity index (χ1) is 13.5. The Morgan fingerprint density at radius 3 is 2.50 bits per heavy atom. The van der Waals surface area contributed by atoms with Gasteiger partial charge < -0.3 is 5.32 Å². The van der Waals surface area contributed by atoms with E-state index in [1.165, 1.54) is 18.1 Å². The van der Waals surface area contributed by atoms with Crippen LogP contribution in [0.15, 0.2) is 36.4 Å². The largest absolute Gasteiger partial charge is 0.425 e. The van der Waals surface area contributed by atoms with Crippen LogP contribution >= 0.6 is 11.3 Å². The molecular formula is C21H22F3N3S. The van der Waals surface area contributed by atoms with Gasteiger partial charge in [-0.1, -0.05) is 49.6 Å². The van der Waals surface area contributed by atoms with Gasteiger partial charge in [0.15, 0.2) is 0 Å². The van der Waals surface area contributed by atoms with Crippen LogP contribution in [-0.4, -0.2) is 16.5 Å². The molecule has 0 spiro atoms. The van der Waals surface area contributed by atoms with E-state index in [-0.39, 0.29) is 5.92 Å². The first-order valence-electron chi connectivity index (χ1n) is 9.67. The van der Waals surface area contributed by atoms with Gasteiger partial charge in [-0.3, -0.25) is 0 Å². The SMILES string of the molecule is FC(F)(F)c1cc2c(NCCc3ccccc3)nc(C3CCCCC3)nc2s1. The topological polar surface area (TPSA) is 37.8 Å². The van der Waals surface area contributed by atoms with Gasteiger partial charge in [0.05, 0.1) is 5.39 Å². The van der Waals surface area contributed by atoms with E-state index >= 15 is 0 Å². The Labute approximate surface area is 166 Å². The van der Waals surface area contributed by atoms with Gasteiger partial charge in [0.25, 0.3) is 0 Å². The fourth-order valence-corrected chi connectivity index (χ4v) is 4.63. The number of aromatic nitrogens is 2. The lowest BCUT2D eigenvalue weighted by atomic mass is 9.88. The number of fused-ring (bicyclic) bond motifs is 1. The predicted molar refractivity (Wildman–Crippen MR) is 107 cm³/mol. The second kappa shape index (κ2) is 8.07. The summed E-state index contributed by atoms with van der Waals surface area (Å²) in [6, 6.07) is 11.2. The average molecular weight is 405 g/mol. The number of hydrogen-bond donors (Lipinski definition) is 1. The van der Waals surface area contributed by atoms with Crippen LogP contribution in [0.1, 0.15) is 54.3 Å². The van der Waals surface area contributed by atoms with Gasteiger partial charge in [0.2, 0.25) is 0 Å². The van der Waals surface area contributed by atoms with Crippen molar-refractivity contribution in [1.82, 2.24) is 9.97 Å². The van der Waals surface area contributed by atoms with Gasteiger partial charge in [-0.15, -0.1) is 11.3 Å². The van der Waals surface area contributed by atoms with E-state index in [1.807, 2.05) is 30.3 Å². The minimum atomic E-state index is -4.36. The molecule has 0 unspecified atom stereocenters. The molecule has 1 aliphatic rings. The number of alkyl halides is 3. The zero-order valence-corrected chi connectivity index (χ0v) is 16.2. The molecule has 2 aromatic heterocycles. The molecule has 0 bridgehead atoms. The number of anilines is 1. The van der Waals surface area contributed by atoms with Crippen LogP contribution in [0.5, 0.6) is 0 Å². The van der Waals surface area contributed by atoms with Gasteiger partial charge in [-0.2, -0.15) is 13.2 Å². The molecule has 1 N–H and O–H groups in total. The second-order valence-electron chi connectivity index (χ2n) is 7.25. The van der Waals surface area contributed by atoms with E-state index in [9.17, 15) is 13.2 Å². The molecule has 0 amide bonds. The van der Waals surface area contributed by atoms with Crippen molar-refractivity contribution in [3.63, 3.8) is 0 Å². The smallest absolute Gasteiger partial charge is 0.369 e. The molecule has 1 aliphatic carbocycles. The van der Waals surface area contributed by atoms with E-state index in [2.05, 4.69) is 15.3 Å². The second-order valence-corrected chi connectivity index (χ2v) is 8.29. The molecule has 0 radical (unpaired) electrons. The van der Waals surface area contributed by atoms with E-state index in [0.29, 0.717) is 39.7 Å². The van der Waals surface area contributed by atoms with Gasteiger partial charge >= 0.3 is 6.18 Å². The van der Waals surface area contributed by atoms with Crippen molar-refractivity contribution in [2.24, 2.45) is 0 Å². The van der Waals surface area contributed by atoms with Crippen molar-refractivity contribution in [1.29, 1.82) is 0 Å². The van der Waals surface area contributed by atoms with Crippen molar-refractivity contribution in [2.45, 2.75) is 50.6 Å². The van der Waals surface area contributed by atoms with Crippen molar-refractivity contribution in [3.05, 3.63) is 52.7 Å². The van der Waals surface area contributed by atoms with E-state index in [1.54, 1.807) is 0 Å². The molecule has 7 heteroatoms. The van der Waals surface area contributed by atoms with Crippen LogP contribution in [0.3, 0.4) is 0 Å². The zero-order chi connectivity index (χ0) is 19.6. The van der Waals surface area contributed by atoms with Crippen LogP contribution in [0, 0.1) is 0 Å². The van der Waals surface area contributed by atoms with E-state index in [0.717, 1.165) is 32.1 Å². The van der Waals surface area contributed by atoms with Gasteiger partial charge in [-0.05, 0) is 30.9 Å².